The highest BCUT2D eigenvalue weighted by Gasteiger charge is 2.48. The fourth-order valence-corrected chi connectivity index (χ4v) is 13.6. The number of hydrogen-bond acceptors (Lipinski definition) is 12. The van der Waals surface area contributed by atoms with E-state index in [2.05, 4.69) is 42.5 Å². The van der Waals surface area contributed by atoms with E-state index in [0.29, 0.717) is 61.2 Å². The van der Waals surface area contributed by atoms with Crippen LogP contribution < -0.4 is 52.0 Å². The number of carbonyl (C=O) groups is 8. The van der Waals surface area contributed by atoms with E-state index in [1.807, 2.05) is 0 Å². The number of amides is 8. The summed E-state index contributed by atoms with van der Waals surface area (Å²) in [6.45, 7) is 4.03. The van der Waals surface area contributed by atoms with Crippen molar-refractivity contribution in [1.82, 2.24) is 52.3 Å². The molecule has 1 unspecified atom stereocenters. The average Bonchev–Trinajstić information content (AvgIpc) is 4.31. The minimum atomic E-state index is -1.02. The molecule has 0 radical (unpaired) electrons. The van der Waals surface area contributed by atoms with Gasteiger partial charge in [0.05, 0.1) is 37.4 Å². The number of nitrogens with zero attached hydrogens (tertiary/aromatic N) is 2. The Morgan fingerprint density at radius 1 is 0.500 bits per heavy atom. The van der Waals surface area contributed by atoms with Crippen molar-refractivity contribution >= 4 is 47.3 Å². The van der Waals surface area contributed by atoms with Gasteiger partial charge in [-0.2, -0.15) is 0 Å². The molecule has 3 aliphatic carbocycles. The Morgan fingerprint density at radius 3 is 1.24 bits per heavy atom. The van der Waals surface area contributed by atoms with Gasteiger partial charge in [-0.05, 0) is 140 Å². The molecule has 4 aliphatic heterocycles. The Bertz CT molecular complexity index is 2490. The van der Waals surface area contributed by atoms with Crippen LogP contribution in [0.15, 0.2) is 36.4 Å². The van der Waals surface area contributed by atoms with E-state index in [1.165, 1.54) is 46.2 Å². The quantitative estimate of drug-likeness (QED) is 0.106. The Labute approximate surface area is 479 Å². The highest BCUT2D eigenvalue weighted by atomic mass is 19.1. The van der Waals surface area contributed by atoms with E-state index in [9.17, 15) is 47.1 Å². The molecular weight excluding hydrogens is 1060 g/mol. The second-order valence-corrected chi connectivity index (χ2v) is 24.0. The number of benzene rings is 2. The molecule has 10 atom stereocenters. The summed E-state index contributed by atoms with van der Waals surface area (Å²) in [6.07, 6.45) is 11.0. The fraction of sp³-hybridized carbons (Fsp3) is 0.667. The van der Waals surface area contributed by atoms with Gasteiger partial charge in [-0.1, -0.05) is 38.5 Å². The number of fused-ring (bicyclic) bond motifs is 2. The summed E-state index contributed by atoms with van der Waals surface area (Å²) in [7, 11) is 3.32. The molecule has 20 nitrogen and oxygen atoms in total. The molecule has 4 heterocycles. The zero-order valence-corrected chi connectivity index (χ0v) is 47.8. The summed E-state index contributed by atoms with van der Waals surface area (Å²) in [5, 5.41) is 24.3. The Morgan fingerprint density at radius 2 is 0.878 bits per heavy atom. The third-order valence-corrected chi connectivity index (χ3v) is 18.6. The molecule has 448 valence electrons. The first kappa shape index (κ1) is 60.2. The number of rotatable bonds is 18. The van der Waals surface area contributed by atoms with Gasteiger partial charge in [0.1, 0.15) is 47.3 Å². The fourth-order valence-electron chi connectivity index (χ4n) is 13.6. The van der Waals surface area contributed by atoms with Crippen LogP contribution in [-0.2, 0) is 38.4 Å². The number of halogens is 2. The maximum Gasteiger partial charge on any atom is 0.246 e. The van der Waals surface area contributed by atoms with Gasteiger partial charge in [-0.3, -0.25) is 38.4 Å². The third kappa shape index (κ3) is 14.1. The average molecular weight is 1140 g/mol. The van der Waals surface area contributed by atoms with E-state index >= 15 is 0 Å². The van der Waals surface area contributed by atoms with E-state index in [0.717, 1.165) is 64.2 Å². The number of hydrogen-bond donors (Lipinski definition) is 8. The first-order valence-corrected chi connectivity index (χ1v) is 30.1. The number of likely N-dealkylation sites (tertiary alicyclic amines) is 2. The van der Waals surface area contributed by atoms with Crippen LogP contribution in [0.2, 0.25) is 0 Å². The largest absolute Gasteiger partial charge is 0.493 e. The molecule has 8 N–H and O–H groups in total. The van der Waals surface area contributed by atoms with Crippen LogP contribution in [0.1, 0.15) is 153 Å². The Balaban J connectivity index is 0.862. The predicted molar refractivity (Wildman–Crippen MR) is 298 cm³/mol. The molecule has 0 aromatic heterocycles. The minimum absolute atomic E-state index is 0.0176. The van der Waals surface area contributed by atoms with Crippen molar-refractivity contribution in [2.75, 3.05) is 40.4 Å². The zero-order valence-electron chi connectivity index (χ0n) is 47.8. The van der Waals surface area contributed by atoms with E-state index in [-0.39, 0.29) is 74.6 Å². The van der Waals surface area contributed by atoms with Crippen molar-refractivity contribution in [3.05, 3.63) is 59.2 Å². The summed E-state index contributed by atoms with van der Waals surface area (Å²) in [4.78, 5) is 117. The highest BCUT2D eigenvalue weighted by molar-refractivity contribution is 5.95. The van der Waals surface area contributed by atoms with E-state index < -0.39 is 108 Å². The van der Waals surface area contributed by atoms with Gasteiger partial charge < -0.3 is 61.8 Å². The van der Waals surface area contributed by atoms with Crippen molar-refractivity contribution in [2.45, 2.75) is 190 Å². The van der Waals surface area contributed by atoms with Gasteiger partial charge >= 0.3 is 0 Å². The van der Waals surface area contributed by atoms with Crippen molar-refractivity contribution in [3.8, 4) is 11.5 Å². The SMILES string of the molecule is CN[C@@H](C)C(=O)NC(C(=O)N1C[C@@H](NC(=O)C2CCC(C(=O)N[C@H]3C[C@@H](C(=O)N[C@@H]4CCOc5ccc(F)cc54)N(C(=O)[C@@H](NC(=O)[C@H](C)NC)C4CCCCC4)C3)CC2)C[C@H]1C(=O)N[C@@H]1CCOc2ccc(F)cc21)C1CCCCC1. The van der Waals surface area contributed by atoms with Crippen molar-refractivity contribution < 1.29 is 56.6 Å². The topological polar surface area (TPSA) is 258 Å². The summed E-state index contributed by atoms with van der Waals surface area (Å²) in [5.41, 5.74) is 0.977. The smallest absolute Gasteiger partial charge is 0.246 e. The van der Waals surface area contributed by atoms with Crippen molar-refractivity contribution in [1.29, 1.82) is 0 Å². The van der Waals surface area contributed by atoms with Gasteiger partial charge in [0.25, 0.3) is 0 Å². The highest BCUT2D eigenvalue weighted by Crippen LogP contribution is 2.37. The van der Waals surface area contributed by atoms with Crippen LogP contribution in [0.4, 0.5) is 8.78 Å². The van der Waals surface area contributed by atoms with Gasteiger partial charge in [0, 0.05) is 61.0 Å². The zero-order chi connectivity index (χ0) is 58.2. The standard InChI is InChI=1S/C60H84F2N10O10/c1-33(63-3)53(73)69-51(35-11-7-5-8-12-35)59(79)71-31-41(29-47(71)57(77)67-45-23-25-81-49-21-19-39(61)27-43(45)49)65-55(75)37-15-17-38(18-16-37)56(76)66-42-30-48(58(78)68-46-24-26-82-50-22-20-40(62)28-44(46)50)72(32-42)60(80)52(36-13-9-6-10-14-36)70-54(74)34(2)64-4/h19-22,27-28,33-38,41-42,45-48,51-52,63-64H,5-18,23-26,29-32H2,1-4H3,(H,65,75)(H,66,76)(H,67,77)(H,68,78)(H,69,73)(H,70,74)/t33-,34-,37?,38?,41-,42-,45+,46+,47-,48-,51-,52?/m0/s1. The summed E-state index contributed by atoms with van der Waals surface area (Å²) >= 11 is 0. The first-order valence-electron chi connectivity index (χ1n) is 30.1. The van der Waals surface area contributed by atoms with Crippen LogP contribution in [0, 0.1) is 35.3 Å². The molecule has 2 aromatic rings. The molecule has 82 heavy (non-hydrogen) atoms. The van der Waals surface area contributed by atoms with Gasteiger partial charge in [-0.15, -0.1) is 0 Å². The molecule has 8 amide bonds. The predicted octanol–water partition coefficient (Wildman–Crippen LogP) is 3.87. The first-order chi connectivity index (χ1) is 39.5. The van der Waals surface area contributed by atoms with Gasteiger partial charge in [0.15, 0.2) is 0 Å². The molecule has 7 aliphatic rings. The van der Waals surface area contributed by atoms with Crippen LogP contribution >= 0.6 is 0 Å². The van der Waals surface area contributed by atoms with Crippen LogP contribution in [0.3, 0.4) is 0 Å². The summed E-state index contributed by atoms with van der Waals surface area (Å²) < 4.78 is 40.6. The monoisotopic (exact) mass is 1140 g/mol. The summed E-state index contributed by atoms with van der Waals surface area (Å²) in [5.74, 6) is -4.23. The molecular formula is C60H84F2N10O10. The number of carbonyl (C=O) groups excluding carboxylic acids is 8. The van der Waals surface area contributed by atoms with Crippen LogP contribution in [0.5, 0.6) is 11.5 Å². The summed E-state index contributed by atoms with van der Waals surface area (Å²) in [6, 6.07) is 0.891. The van der Waals surface area contributed by atoms with Crippen molar-refractivity contribution in [2.24, 2.45) is 23.7 Å². The second kappa shape index (κ2) is 27.3. The molecule has 2 aromatic carbocycles. The normalized spacial score (nSPS) is 27.1. The lowest BCUT2D eigenvalue weighted by Crippen LogP contribution is -2.58. The second-order valence-electron chi connectivity index (χ2n) is 24.0. The third-order valence-electron chi connectivity index (χ3n) is 18.6. The maximum atomic E-state index is 14.9. The maximum absolute atomic E-state index is 14.9. The molecule has 5 fully saturated rings. The van der Waals surface area contributed by atoms with Crippen molar-refractivity contribution in [3.63, 3.8) is 0 Å². The van der Waals surface area contributed by atoms with E-state index in [1.54, 1.807) is 27.9 Å². The number of likely N-dealkylation sites (N-methyl/N-ethyl adjacent to an activating group) is 2. The van der Waals surface area contributed by atoms with Crippen LogP contribution in [-0.4, -0.2) is 146 Å². The lowest BCUT2D eigenvalue weighted by Gasteiger charge is -2.35. The Hall–Kier alpha value is -6.42. The van der Waals surface area contributed by atoms with Crippen LogP contribution in [0.25, 0.3) is 0 Å². The molecule has 3 saturated carbocycles. The molecule has 0 bridgehead atoms. The van der Waals surface area contributed by atoms with E-state index in [4.69, 9.17) is 9.47 Å². The molecule has 9 rings (SSSR count). The minimum Gasteiger partial charge on any atom is -0.493 e. The lowest BCUT2D eigenvalue weighted by atomic mass is 9.81. The van der Waals surface area contributed by atoms with Gasteiger partial charge in [-0.25, -0.2) is 8.78 Å². The molecule has 0 spiro atoms. The lowest BCUT2D eigenvalue weighted by molar-refractivity contribution is -0.143. The number of ether oxygens (including phenoxy) is 2. The van der Waals surface area contributed by atoms with Gasteiger partial charge in [0.2, 0.25) is 47.3 Å². The number of nitrogens with one attached hydrogen (secondary N) is 8. The Kier molecular flexibility index (Phi) is 20.0. The molecule has 2 saturated heterocycles. The molecule has 22 heteroatoms.